The normalized spacial score (nSPS) is 15.5. The Labute approximate surface area is 133 Å². The Hall–Kier alpha value is -1.61. The zero-order valence-electron chi connectivity index (χ0n) is 11.9. The van der Waals surface area contributed by atoms with E-state index in [0.717, 1.165) is 34.2 Å². The third-order valence-electron chi connectivity index (χ3n) is 4.01. The molecule has 0 saturated heterocycles. The molecule has 0 amide bonds. The van der Waals surface area contributed by atoms with E-state index in [2.05, 4.69) is 15.9 Å². The Balaban J connectivity index is 1.93. The topological polar surface area (TPSA) is 26.3 Å². The molecule has 0 unspecified atom stereocenters. The second-order valence-electron chi connectivity index (χ2n) is 5.35. The maximum absolute atomic E-state index is 12.9. The van der Waals surface area contributed by atoms with Gasteiger partial charge in [0.1, 0.15) is 5.75 Å². The van der Waals surface area contributed by atoms with Crippen LogP contribution in [0.15, 0.2) is 53.0 Å². The van der Waals surface area contributed by atoms with Gasteiger partial charge in [0.25, 0.3) is 0 Å². The maximum atomic E-state index is 12.9. The summed E-state index contributed by atoms with van der Waals surface area (Å²) in [6, 6.07) is 15.7. The number of ether oxygens (including phenoxy) is 1. The lowest BCUT2D eigenvalue weighted by Gasteiger charge is -2.16. The molecule has 0 aliphatic heterocycles. The van der Waals surface area contributed by atoms with Gasteiger partial charge < -0.3 is 4.74 Å². The number of ketones is 1. The fourth-order valence-corrected chi connectivity index (χ4v) is 3.26. The molecule has 1 saturated carbocycles. The minimum Gasteiger partial charge on any atom is -0.494 e. The minimum absolute atomic E-state index is 0.198. The first kappa shape index (κ1) is 14.3. The van der Waals surface area contributed by atoms with Gasteiger partial charge >= 0.3 is 0 Å². The van der Waals surface area contributed by atoms with Crippen LogP contribution in [0.3, 0.4) is 0 Å². The highest BCUT2D eigenvalue weighted by Crippen LogP contribution is 2.51. The largest absolute Gasteiger partial charge is 0.494 e. The van der Waals surface area contributed by atoms with E-state index in [9.17, 15) is 4.79 Å². The summed E-state index contributed by atoms with van der Waals surface area (Å²) in [4.78, 5) is 12.9. The predicted molar refractivity (Wildman–Crippen MR) is 87.0 cm³/mol. The van der Waals surface area contributed by atoms with Gasteiger partial charge in [0.05, 0.1) is 12.0 Å². The van der Waals surface area contributed by atoms with Crippen molar-refractivity contribution in [3.8, 4) is 5.75 Å². The lowest BCUT2D eigenvalue weighted by molar-refractivity contribution is 0.0945. The first-order chi connectivity index (χ1) is 10.2. The van der Waals surface area contributed by atoms with Crippen LogP contribution in [0.4, 0.5) is 0 Å². The summed E-state index contributed by atoms with van der Waals surface area (Å²) in [5, 5.41) is 0. The van der Waals surface area contributed by atoms with Crippen molar-refractivity contribution in [1.82, 2.24) is 0 Å². The third-order valence-corrected chi connectivity index (χ3v) is 4.66. The number of carbonyl (C=O) groups is 1. The van der Waals surface area contributed by atoms with E-state index in [0.29, 0.717) is 6.61 Å². The molecule has 21 heavy (non-hydrogen) atoms. The fourth-order valence-electron chi connectivity index (χ4n) is 2.72. The summed E-state index contributed by atoms with van der Waals surface area (Å²) in [6.07, 6.45) is 1.85. The van der Waals surface area contributed by atoms with E-state index in [1.165, 1.54) is 0 Å². The smallest absolute Gasteiger partial charge is 0.174 e. The molecule has 0 bridgehead atoms. The molecule has 0 spiro atoms. The van der Waals surface area contributed by atoms with E-state index in [1.54, 1.807) is 0 Å². The number of rotatable bonds is 5. The Morgan fingerprint density at radius 2 is 1.90 bits per heavy atom. The van der Waals surface area contributed by atoms with Gasteiger partial charge in [-0.25, -0.2) is 0 Å². The molecule has 108 valence electrons. The minimum atomic E-state index is -0.323. The average Bonchev–Trinajstić information content (AvgIpc) is 3.30. The van der Waals surface area contributed by atoms with Gasteiger partial charge in [0, 0.05) is 10.0 Å². The van der Waals surface area contributed by atoms with E-state index < -0.39 is 0 Å². The van der Waals surface area contributed by atoms with Gasteiger partial charge in [-0.15, -0.1) is 0 Å². The standard InChI is InChI=1S/C18H17BrO2/c1-2-21-14-8-9-15(16(19)12-14)17(20)18(10-11-18)13-6-4-3-5-7-13/h3-9,12H,2,10-11H2,1H3. The van der Waals surface area contributed by atoms with Gasteiger partial charge in [0.2, 0.25) is 0 Å². The number of halogens is 1. The molecule has 1 aliphatic rings. The van der Waals surface area contributed by atoms with Gasteiger partial charge in [-0.3, -0.25) is 4.79 Å². The van der Waals surface area contributed by atoms with Crippen LogP contribution in [-0.2, 0) is 5.41 Å². The third kappa shape index (κ3) is 2.62. The van der Waals surface area contributed by atoms with Crippen LogP contribution < -0.4 is 4.74 Å². The fraction of sp³-hybridized carbons (Fsp3) is 0.278. The lowest BCUT2D eigenvalue weighted by atomic mass is 9.87. The Morgan fingerprint density at radius 3 is 2.48 bits per heavy atom. The van der Waals surface area contributed by atoms with Crippen molar-refractivity contribution in [3.05, 3.63) is 64.1 Å². The van der Waals surface area contributed by atoms with Gasteiger partial charge in [-0.05, 0) is 59.5 Å². The highest BCUT2D eigenvalue weighted by atomic mass is 79.9. The second kappa shape index (κ2) is 5.64. The summed E-state index contributed by atoms with van der Waals surface area (Å²) >= 11 is 3.51. The molecule has 0 aromatic heterocycles. The van der Waals surface area contributed by atoms with Crippen LogP contribution >= 0.6 is 15.9 Å². The van der Waals surface area contributed by atoms with Gasteiger partial charge in [-0.2, -0.15) is 0 Å². The van der Waals surface area contributed by atoms with E-state index in [-0.39, 0.29) is 11.2 Å². The SMILES string of the molecule is CCOc1ccc(C(=O)C2(c3ccccc3)CC2)c(Br)c1. The molecule has 1 aliphatic carbocycles. The molecule has 0 atom stereocenters. The summed E-state index contributed by atoms with van der Waals surface area (Å²) in [6.45, 7) is 2.56. The summed E-state index contributed by atoms with van der Waals surface area (Å²) in [5.41, 5.74) is 1.53. The van der Waals surface area contributed by atoms with E-state index in [1.807, 2.05) is 55.5 Å². The number of benzene rings is 2. The zero-order valence-corrected chi connectivity index (χ0v) is 13.5. The van der Waals surface area contributed by atoms with Crippen LogP contribution in [0.25, 0.3) is 0 Å². The Morgan fingerprint density at radius 1 is 1.19 bits per heavy atom. The number of carbonyl (C=O) groups excluding carboxylic acids is 1. The molecule has 0 radical (unpaired) electrons. The van der Waals surface area contributed by atoms with Gasteiger partial charge in [-0.1, -0.05) is 30.3 Å². The van der Waals surface area contributed by atoms with Crippen LogP contribution in [0, 0.1) is 0 Å². The van der Waals surface area contributed by atoms with Crippen LogP contribution in [0.2, 0.25) is 0 Å². The van der Waals surface area contributed by atoms with Crippen molar-refractivity contribution in [2.75, 3.05) is 6.61 Å². The highest BCUT2D eigenvalue weighted by molar-refractivity contribution is 9.10. The molecule has 3 rings (SSSR count). The lowest BCUT2D eigenvalue weighted by Crippen LogP contribution is -2.21. The van der Waals surface area contributed by atoms with E-state index >= 15 is 0 Å². The number of hydrogen-bond acceptors (Lipinski definition) is 2. The van der Waals surface area contributed by atoms with Crippen LogP contribution in [0.5, 0.6) is 5.75 Å². The molecule has 2 aromatic rings. The molecule has 0 heterocycles. The zero-order chi connectivity index (χ0) is 14.9. The van der Waals surface area contributed by atoms with Crippen molar-refractivity contribution < 1.29 is 9.53 Å². The summed E-state index contributed by atoms with van der Waals surface area (Å²) in [5.74, 6) is 0.981. The predicted octanol–water partition coefficient (Wildman–Crippen LogP) is 4.76. The van der Waals surface area contributed by atoms with Crippen molar-refractivity contribution >= 4 is 21.7 Å². The van der Waals surface area contributed by atoms with Crippen molar-refractivity contribution in [1.29, 1.82) is 0 Å². The summed E-state index contributed by atoms with van der Waals surface area (Å²) in [7, 11) is 0. The maximum Gasteiger partial charge on any atom is 0.174 e. The van der Waals surface area contributed by atoms with Crippen molar-refractivity contribution in [3.63, 3.8) is 0 Å². The summed E-state index contributed by atoms with van der Waals surface area (Å²) < 4.78 is 6.27. The van der Waals surface area contributed by atoms with Crippen molar-refractivity contribution in [2.45, 2.75) is 25.2 Å². The van der Waals surface area contributed by atoms with E-state index in [4.69, 9.17) is 4.74 Å². The number of Topliss-reactive ketones (excluding diaryl/α,β-unsaturated/α-hetero) is 1. The molecular formula is C18H17BrO2. The Kier molecular flexibility index (Phi) is 3.85. The van der Waals surface area contributed by atoms with Crippen molar-refractivity contribution in [2.24, 2.45) is 0 Å². The molecule has 0 N–H and O–H groups in total. The first-order valence-corrected chi connectivity index (χ1v) is 7.99. The molecule has 3 heteroatoms. The highest BCUT2D eigenvalue weighted by Gasteiger charge is 2.51. The quantitative estimate of drug-likeness (QED) is 0.730. The molecule has 2 nitrogen and oxygen atoms in total. The molecule has 2 aromatic carbocycles. The Bertz CT molecular complexity index is 660. The van der Waals surface area contributed by atoms with Crippen LogP contribution in [-0.4, -0.2) is 12.4 Å². The number of hydrogen-bond donors (Lipinski definition) is 0. The molecule has 1 fully saturated rings. The second-order valence-corrected chi connectivity index (χ2v) is 6.21. The first-order valence-electron chi connectivity index (χ1n) is 7.20. The monoisotopic (exact) mass is 344 g/mol. The van der Waals surface area contributed by atoms with Crippen LogP contribution in [0.1, 0.15) is 35.7 Å². The molecular weight excluding hydrogens is 328 g/mol. The average molecular weight is 345 g/mol. The van der Waals surface area contributed by atoms with Gasteiger partial charge in [0.15, 0.2) is 5.78 Å².